The number of para-hydroxylation sites is 1. The molecule has 0 radical (unpaired) electrons. The molecule has 0 saturated carbocycles. The number of carbonyl (C=O) groups excluding carboxylic acids is 1. The van der Waals surface area contributed by atoms with Gasteiger partial charge in [-0.1, -0.05) is 25.1 Å². The summed E-state index contributed by atoms with van der Waals surface area (Å²) >= 11 is 0. The van der Waals surface area contributed by atoms with Gasteiger partial charge in [-0.2, -0.15) is 0 Å². The van der Waals surface area contributed by atoms with Gasteiger partial charge in [0.15, 0.2) is 0 Å². The zero-order valence-electron chi connectivity index (χ0n) is 12.9. The van der Waals surface area contributed by atoms with E-state index >= 15 is 0 Å². The van der Waals surface area contributed by atoms with E-state index in [1.807, 2.05) is 48.9 Å². The summed E-state index contributed by atoms with van der Waals surface area (Å²) in [4.78, 5) is 16.0. The van der Waals surface area contributed by atoms with Gasteiger partial charge in [0.05, 0.1) is 12.0 Å². The van der Waals surface area contributed by atoms with E-state index in [9.17, 15) is 4.79 Å². The first kappa shape index (κ1) is 16.0. The minimum Gasteiger partial charge on any atom is -0.396 e. The van der Waals surface area contributed by atoms with E-state index in [2.05, 4.69) is 15.6 Å². The Labute approximate surface area is 130 Å². The Kier molecular flexibility index (Phi) is 5.55. The monoisotopic (exact) mass is 302 g/mol. The molecule has 0 fully saturated rings. The average molecular weight is 302 g/mol. The molecule has 0 aliphatic carbocycles. The van der Waals surface area contributed by atoms with Crippen LogP contribution in [-0.2, 0) is 6.54 Å². The number of imidazole rings is 1. The van der Waals surface area contributed by atoms with Crippen molar-refractivity contribution in [3.63, 3.8) is 0 Å². The quantitative estimate of drug-likeness (QED) is 0.759. The normalized spacial score (nSPS) is 13.4. The van der Waals surface area contributed by atoms with Gasteiger partial charge in [0, 0.05) is 31.6 Å². The zero-order chi connectivity index (χ0) is 15.9. The Morgan fingerprint density at radius 1 is 1.36 bits per heavy atom. The Morgan fingerprint density at radius 3 is 2.82 bits per heavy atom. The van der Waals surface area contributed by atoms with Crippen molar-refractivity contribution in [2.75, 3.05) is 6.61 Å². The summed E-state index contributed by atoms with van der Waals surface area (Å²) in [6.45, 7) is 4.23. The highest BCUT2D eigenvalue weighted by atomic mass is 16.3. The van der Waals surface area contributed by atoms with Crippen LogP contribution < -0.4 is 10.6 Å². The summed E-state index contributed by atoms with van der Waals surface area (Å²) in [5.74, 6) is 0.0176. The highest BCUT2D eigenvalue weighted by Gasteiger charge is 2.14. The largest absolute Gasteiger partial charge is 0.396 e. The predicted octanol–water partition coefficient (Wildman–Crippen LogP) is 1.69. The molecule has 1 heterocycles. The number of benzene rings is 1. The van der Waals surface area contributed by atoms with Crippen molar-refractivity contribution in [3.05, 3.63) is 48.5 Å². The molecular weight excluding hydrogens is 280 g/mol. The van der Waals surface area contributed by atoms with Gasteiger partial charge in [-0.3, -0.25) is 0 Å². The zero-order valence-corrected chi connectivity index (χ0v) is 12.9. The van der Waals surface area contributed by atoms with E-state index in [1.54, 1.807) is 12.5 Å². The van der Waals surface area contributed by atoms with Gasteiger partial charge in [0.2, 0.25) is 0 Å². The second kappa shape index (κ2) is 7.61. The first-order valence-electron chi connectivity index (χ1n) is 7.33. The number of urea groups is 1. The molecule has 6 heteroatoms. The molecule has 0 spiro atoms. The lowest BCUT2D eigenvalue weighted by Crippen LogP contribution is -2.44. The van der Waals surface area contributed by atoms with Gasteiger partial charge >= 0.3 is 6.03 Å². The van der Waals surface area contributed by atoms with Crippen LogP contribution in [0.2, 0.25) is 0 Å². The number of hydrogen-bond donors (Lipinski definition) is 3. The lowest BCUT2D eigenvalue weighted by atomic mass is 10.1. The smallest absolute Gasteiger partial charge is 0.315 e. The molecule has 6 nitrogen and oxygen atoms in total. The Hall–Kier alpha value is -2.34. The lowest BCUT2D eigenvalue weighted by molar-refractivity contribution is 0.200. The first-order valence-corrected chi connectivity index (χ1v) is 7.33. The molecule has 0 aliphatic heterocycles. The molecule has 2 aromatic rings. The third-order valence-electron chi connectivity index (χ3n) is 3.71. The molecular formula is C16H22N4O2. The van der Waals surface area contributed by atoms with Crippen molar-refractivity contribution in [1.82, 2.24) is 20.2 Å². The highest BCUT2D eigenvalue weighted by Crippen LogP contribution is 2.13. The van der Waals surface area contributed by atoms with Crippen molar-refractivity contribution in [3.8, 4) is 5.69 Å². The summed E-state index contributed by atoms with van der Waals surface area (Å²) in [6, 6.07) is 7.50. The van der Waals surface area contributed by atoms with Crippen molar-refractivity contribution in [1.29, 1.82) is 0 Å². The Morgan fingerprint density at radius 2 is 2.14 bits per heavy atom. The standard InChI is InChI=1S/C16H22N4O2/c1-12(10-21)13(2)19-16(22)18-9-14-5-3-4-6-15(14)20-8-7-17-11-20/h3-8,11-13,21H,9-10H2,1-2H3,(H2,18,19,22). The van der Waals surface area contributed by atoms with E-state index in [0.29, 0.717) is 6.54 Å². The molecule has 2 unspecified atom stereocenters. The molecule has 118 valence electrons. The van der Waals surface area contributed by atoms with Crippen LogP contribution in [0.15, 0.2) is 43.0 Å². The number of rotatable bonds is 6. The van der Waals surface area contributed by atoms with Gasteiger partial charge in [-0.15, -0.1) is 0 Å². The molecule has 0 saturated heterocycles. The maximum Gasteiger partial charge on any atom is 0.315 e. The van der Waals surface area contributed by atoms with E-state index in [4.69, 9.17) is 5.11 Å². The first-order chi connectivity index (χ1) is 10.6. The minimum absolute atomic E-state index is 0.0176. The van der Waals surface area contributed by atoms with Crippen LogP contribution in [0.25, 0.3) is 5.69 Å². The van der Waals surface area contributed by atoms with Crippen molar-refractivity contribution in [2.24, 2.45) is 5.92 Å². The maximum absolute atomic E-state index is 11.9. The minimum atomic E-state index is -0.242. The van der Waals surface area contributed by atoms with Crippen molar-refractivity contribution >= 4 is 6.03 Å². The topological polar surface area (TPSA) is 79.2 Å². The summed E-state index contributed by atoms with van der Waals surface area (Å²) < 4.78 is 1.91. The molecule has 3 N–H and O–H groups in total. The second-order valence-electron chi connectivity index (χ2n) is 5.37. The van der Waals surface area contributed by atoms with Crippen LogP contribution >= 0.6 is 0 Å². The van der Waals surface area contributed by atoms with Crippen LogP contribution in [0.5, 0.6) is 0 Å². The van der Waals surface area contributed by atoms with Gasteiger partial charge in [-0.25, -0.2) is 9.78 Å². The SMILES string of the molecule is CC(CO)C(C)NC(=O)NCc1ccccc1-n1ccnc1. The molecule has 2 amide bonds. The number of carbonyl (C=O) groups is 1. The van der Waals surface area contributed by atoms with Crippen LogP contribution in [0.4, 0.5) is 4.79 Å². The van der Waals surface area contributed by atoms with E-state index < -0.39 is 0 Å². The van der Waals surface area contributed by atoms with Crippen molar-refractivity contribution in [2.45, 2.75) is 26.4 Å². The molecule has 2 rings (SSSR count). The summed E-state index contributed by atoms with van der Waals surface area (Å²) in [6.07, 6.45) is 5.31. The molecule has 2 atom stereocenters. The number of nitrogens with one attached hydrogen (secondary N) is 2. The fourth-order valence-electron chi connectivity index (χ4n) is 2.05. The van der Waals surface area contributed by atoms with Crippen LogP contribution in [0.3, 0.4) is 0 Å². The van der Waals surface area contributed by atoms with Gasteiger partial charge < -0.3 is 20.3 Å². The Bertz CT molecular complexity index is 598. The third kappa shape index (κ3) is 4.08. The van der Waals surface area contributed by atoms with Crippen molar-refractivity contribution < 1.29 is 9.90 Å². The number of amides is 2. The summed E-state index contributed by atoms with van der Waals surface area (Å²) in [5, 5.41) is 14.8. The molecule has 0 bridgehead atoms. The Balaban J connectivity index is 1.96. The van der Waals surface area contributed by atoms with E-state index in [-0.39, 0.29) is 24.6 Å². The molecule has 1 aromatic carbocycles. The lowest BCUT2D eigenvalue weighted by Gasteiger charge is -2.20. The summed E-state index contributed by atoms with van der Waals surface area (Å²) in [7, 11) is 0. The van der Waals surface area contributed by atoms with Crippen LogP contribution in [-0.4, -0.2) is 33.3 Å². The number of aliphatic hydroxyl groups excluding tert-OH is 1. The molecule has 0 aliphatic rings. The highest BCUT2D eigenvalue weighted by molar-refractivity contribution is 5.74. The number of aliphatic hydroxyl groups is 1. The third-order valence-corrected chi connectivity index (χ3v) is 3.71. The fraction of sp³-hybridized carbons (Fsp3) is 0.375. The second-order valence-corrected chi connectivity index (χ2v) is 5.37. The van der Waals surface area contributed by atoms with E-state index in [1.165, 1.54) is 0 Å². The van der Waals surface area contributed by atoms with Gasteiger partial charge in [-0.05, 0) is 24.5 Å². The maximum atomic E-state index is 11.9. The molecule has 22 heavy (non-hydrogen) atoms. The van der Waals surface area contributed by atoms with Gasteiger partial charge in [0.1, 0.15) is 0 Å². The number of aromatic nitrogens is 2. The van der Waals surface area contributed by atoms with Crippen LogP contribution in [0.1, 0.15) is 19.4 Å². The predicted molar refractivity (Wildman–Crippen MR) is 84.6 cm³/mol. The number of hydrogen-bond acceptors (Lipinski definition) is 3. The van der Waals surface area contributed by atoms with Crippen LogP contribution in [0, 0.1) is 5.92 Å². The molecule has 1 aromatic heterocycles. The average Bonchev–Trinajstić information content (AvgIpc) is 3.06. The summed E-state index contributed by atoms with van der Waals surface area (Å²) in [5.41, 5.74) is 1.98. The number of nitrogens with zero attached hydrogens (tertiary/aromatic N) is 2. The van der Waals surface area contributed by atoms with E-state index in [0.717, 1.165) is 11.3 Å². The fourth-order valence-corrected chi connectivity index (χ4v) is 2.05. The van der Waals surface area contributed by atoms with Gasteiger partial charge in [0.25, 0.3) is 0 Å².